The Morgan fingerprint density at radius 2 is 0.870 bits per heavy atom. The summed E-state index contributed by atoms with van der Waals surface area (Å²) in [4.78, 5) is 0. The van der Waals surface area contributed by atoms with E-state index >= 15 is 0 Å². The van der Waals surface area contributed by atoms with E-state index in [1.807, 2.05) is 0 Å². The van der Waals surface area contributed by atoms with Crippen LogP contribution in [-0.4, -0.2) is 9.52 Å². The number of aryl methyl sites for hydroxylation is 4. The van der Waals surface area contributed by atoms with Crippen LogP contribution in [0.2, 0.25) is 13.1 Å². The Labute approximate surface area is 299 Å². The van der Waals surface area contributed by atoms with Gasteiger partial charge in [0, 0.05) is 9.52 Å². The van der Waals surface area contributed by atoms with E-state index < -0.39 is 20.8 Å². The molecule has 0 saturated heterocycles. The van der Waals surface area contributed by atoms with Gasteiger partial charge in [-0.05, 0) is 59.1 Å². The number of benzene rings is 4. The van der Waals surface area contributed by atoms with Crippen molar-refractivity contribution >= 4 is 48.1 Å². The van der Waals surface area contributed by atoms with E-state index in [1.165, 1.54) is 77.2 Å². The van der Waals surface area contributed by atoms with Crippen LogP contribution in [0.15, 0.2) is 97.1 Å². The van der Waals surface area contributed by atoms with Crippen molar-refractivity contribution in [1.29, 1.82) is 0 Å². The molecule has 4 heteroatoms. The molecule has 238 valence electrons. The summed E-state index contributed by atoms with van der Waals surface area (Å²) in [6, 6.07) is 35.9. The van der Waals surface area contributed by atoms with Crippen LogP contribution in [-0.2, 0) is 46.5 Å². The maximum atomic E-state index is 4.93. The fourth-order valence-corrected chi connectivity index (χ4v) is 6.51. The second kappa shape index (κ2) is 19.6. The first-order valence-corrected chi connectivity index (χ1v) is 24.7. The summed E-state index contributed by atoms with van der Waals surface area (Å²) in [5, 5.41) is 5.47. The Kier molecular flexibility index (Phi) is 16.3. The Balaban J connectivity index is 0.000000214. The second-order valence-electron chi connectivity index (χ2n) is 11.6. The van der Waals surface area contributed by atoms with Crippen molar-refractivity contribution in [2.75, 3.05) is 0 Å². The molecule has 2 radical (unpaired) electrons. The fourth-order valence-electron chi connectivity index (χ4n) is 6.51. The number of hydrogen-bond donors (Lipinski definition) is 0. The number of hydrogen-bond acceptors (Lipinski definition) is 0. The molecule has 0 aliphatic carbocycles. The van der Waals surface area contributed by atoms with Crippen LogP contribution in [0.5, 0.6) is 0 Å². The molecule has 6 aromatic rings. The van der Waals surface area contributed by atoms with Crippen molar-refractivity contribution in [3.05, 3.63) is 130 Å². The van der Waals surface area contributed by atoms with Gasteiger partial charge < -0.3 is 0 Å². The minimum absolute atomic E-state index is 0.826. The molecule has 6 rings (SSSR count). The molecule has 0 aromatic heterocycles. The third kappa shape index (κ3) is 9.44. The van der Waals surface area contributed by atoms with Gasteiger partial charge in [0.15, 0.2) is 0 Å². The van der Waals surface area contributed by atoms with Gasteiger partial charge in [-0.25, -0.2) is 0 Å². The Hall–Kier alpha value is -2.22. The summed E-state index contributed by atoms with van der Waals surface area (Å²) in [7, 11) is 11.0. The topological polar surface area (TPSA) is 0 Å². The molecule has 0 aliphatic rings. The Bertz CT molecular complexity index is 1680. The monoisotopic (exact) mass is 740 g/mol. The predicted octanol–water partition coefficient (Wildman–Crippen LogP) is 13.5. The third-order valence-electron chi connectivity index (χ3n) is 8.39. The molecule has 0 unspecified atom stereocenters. The molecular weight excluding hydrogens is 695 g/mol. The number of fused-ring (bicyclic) bond motifs is 2. The third-order valence-corrected chi connectivity index (χ3v) is 8.39. The molecule has 0 N–H and O–H groups in total. The average Bonchev–Trinajstić information content (AvgIpc) is 3.65. The van der Waals surface area contributed by atoms with Crippen LogP contribution >= 0.6 is 17.0 Å². The summed E-state index contributed by atoms with van der Waals surface area (Å²) < 4.78 is 0. The SMILES string of the molecule is CCc1cccc(-c2cccc3[cH-]c(C)cc23)c1CC.CCc1cccc(-c2cccc3[cH-]c(C)cc23)c1CC.C[Si]C.[Cl][Zr+2][Cl]. The first-order valence-electron chi connectivity index (χ1n) is 16.4. The van der Waals surface area contributed by atoms with E-state index in [9.17, 15) is 0 Å². The van der Waals surface area contributed by atoms with Gasteiger partial charge in [-0.3, -0.25) is 0 Å². The van der Waals surface area contributed by atoms with Gasteiger partial charge in [0.2, 0.25) is 0 Å². The molecule has 0 heterocycles. The number of rotatable bonds is 6. The molecular formula is C42H48Cl2SiZr. The predicted molar refractivity (Wildman–Crippen MR) is 206 cm³/mol. The van der Waals surface area contributed by atoms with Crippen molar-refractivity contribution in [3.63, 3.8) is 0 Å². The van der Waals surface area contributed by atoms with Crippen molar-refractivity contribution < 1.29 is 20.8 Å². The van der Waals surface area contributed by atoms with E-state index in [2.05, 4.69) is 152 Å². The molecule has 0 aliphatic heterocycles. The summed E-state index contributed by atoms with van der Waals surface area (Å²) in [6.07, 6.45) is 4.39. The van der Waals surface area contributed by atoms with Crippen LogP contribution < -0.4 is 0 Å². The minimum atomic E-state index is -0.826. The van der Waals surface area contributed by atoms with E-state index in [-0.39, 0.29) is 0 Å². The average molecular weight is 743 g/mol. The van der Waals surface area contributed by atoms with Gasteiger partial charge in [0.1, 0.15) is 0 Å². The van der Waals surface area contributed by atoms with Gasteiger partial charge in [-0.2, -0.15) is 12.1 Å². The van der Waals surface area contributed by atoms with Crippen molar-refractivity contribution in [2.24, 2.45) is 0 Å². The summed E-state index contributed by atoms with van der Waals surface area (Å²) in [5.41, 5.74) is 14.2. The van der Waals surface area contributed by atoms with Crippen LogP contribution in [0.3, 0.4) is 0 Å². The zero-order valence-electron chi connectivity index (χ0n) is 28.8. The summed E-state index contributed by atoms with van der Waals surface area (Å²) >= 11 is -0.826. The fraction of sp³-hybridized carbons (Fsp3) is 0.286. The quantitative estimate of drug-likeness (QED) is 0.118. The maximum absolute atomic E-state index is 4.93. The zero-order valence-corrected chi connectivity index (χ0v) is 33.8. The van der Waals surface area contributed by atoms with E-state index in [4.69, 9.17) is 17.0 Å². The van der Waals surface area contributed by atoms with Crippen molar-refractivity contribution in [1.82, 2.24) is 0 Å². The van der Waals surface area contributed by atoms with Gasteiger partial charge in [-0.1, -0.05) is 114 Å². The first kappa shape index (κ1) is 38.2. The van der Waals surface area contributed by atoms with Crippen LogP contribution in [0.4, 0.5) is 0 Å². The Morgan fingerprint density at radius 3 is 1.20 bits per heavy atom. The standard InChI is InChI=1S/2C20H21.C2H6Si.2ClH.Zr/c2*1-4-15-8-6-10-18(17(15)5-2)19-11-7-9-16-12-14(3)13-20(16)19;1-3-2;;;/h2*6-13H,4-5H2,1-3H3;1-2H3;2*1H;/q2*-1;;;;+4/p-2. The van der Waals surface area contributed by atoms with Gasteiger partial charge in [-0.15, -0.1) is 69.1 Å². The summed E-state index contributed by atoms with van der Waals surface area (Å²) in [6.45, 7) is 17.7. The normalized spacial score (nSPS) is 10.3. The molecule has 0 bridgehead atoms. The van der Waals surface area contributed by atoms with E-state index in [0.29, 0.717) is 0 Å². The first-order chi connectivity index (χ1) is 22.3. The van der Waals surface area contributed by atoms with Crippen molar-refractivity contribution in [3.8, 4) is 22.3 Å². The van der Waals surface area contributed by atoms with E-state index in [1.54, 1.807) is 0 Å². The molecule has 0 amide bonds. The number of halogens is 2. The molecule has 6 aromatic carbocycles. The van der Waals surface area contributed by atoms with Gasteiger partial charge in [0.05, 0.1) is 0 Å². The molecule has 0 atom stereocenters. The van der Waals surface area contributed by atoms with Crippen molar-refractivity contribution in [2.45, 2.75) is 80.3 Å². The summed E-state index contributed by atoms with van der Waals surface area (Å²) in [5.74, 6) is 0. The molecule has 46 heavy (non-hydrogen) atoms. The Morgan fingerprint density at radius 1 is 0.543 bits per heavy atom. The van der Waals surface area contributed by atoms with Gasteiger partial charge in [0.25, 0.3) is 0 Å². The molecule has 0 saturated carbocycles. The molecule has 0 nitrogen and oxygen atoms in total. The van der Waals surface area contributed by atoms with Crippen LogP contribution in [0.1, 0.15) is 61.1 Å². The van der Waals surface area contributed by atoms with Crippen LogP contribution in [0, 0.1) is 13.8 Å². The molecule has 0 spiro atoms. The van der Waals surface area contributed by atoms with Crippen LogP contribution in [0.25, 0.3) is 43.8 Å². The van der Waals surface area contributed by atoms with Gasteiger partial charge >= 0.3 is 37.9 Å². The van der Waals surface area contributed by atoms with E-state index in [0.717, 1.165) is 35.2 Å². The molecule has 0 fully saturated rings. The second-order valence-corrected chi connectivity index (χ2v) is 16.3. The zero-order chi connectivity index (χ0) is 33.6.